The number of hydrogen-bond donors (Lipinski definition) is 1. The van der Waals surface area contributed by atoms with Gasteiger partial charge in [-0.15, -0.1) is 0 Å². The molecule has 0 saturated carbocycles. The summed E-state index contributed by atoms with van der Waals surface area (Å²) in [5.41, 5.74) is 0.759. The Kier molecular flexibility index (Phi) is 5.39. The number of halogens is 1. The van der Waals surface area contributed by atoms with Crippen LogP contribution in [-0.2, 0) is 4.74 Å². The van der Waals surface area contributed by atoms with Crippen LogP contribution in [0.4, 0.5) is 10.5 Å². The number of nitrogens with one attached hydrogen (secondary N) is 1. The molecule has 0 fully saturated rings. The number of allylic oxidation sites excluding steroid dienone is 3. The van der Waals surface area contributed by atoms with Crippen LogP contribution < -0.4 is 5.32 Å². The summed E-state index contributed by atoms with van der Waals surface area (Å²) in [6.07, 6.45) is 3.67. The second kappa shape index (κ2) is 7.04. The first-order chi connectivity index (χ1) is 9.10. The first-order valence-electron chi connectivity index (χ1n) is 5.24. The van der Waals surface area contributed by atoms with Crippen LogP contribution in [0.2, 0.25) is 5.02 Å². The number of hydrogen-bond acceptors (Lipinski definition) is 3. The molecule has 1 aromatic carbocycles. The Labute approximate surface area is 116 Å². The van der Waals surface area contributed by atoms with Crippen molar-refractivity contribution in [1.82, 2.24) is 0 Å². The van der Waals surface area contributed by atoms with E-state index in [1.165, 1.54) is 30.4 Å². The zero-order valence-corrected chi connectivity index (χ0v) is 10.8. The molecule has 1 N–H and O–H groups in total. The molecule has 0 radical (unpaired) electrons. The van der Waals surface area contributed by atoms with Crippen LogP contribution in [0.15, 0.2) is 55.3 Å². The Morgan fingerprint density at radius 3 is 2.74 bits per heavy atom. The molecule has 1 amide bonds. The second-order valence-corrected chi connectivity index (χ2v) is 3.74. The Balaban J connectivity index is 2.75. The van der Waals surface area contributed by atoms with Crippen molar-refractivity contribution in [3.8, 4) is 6.07 Å². The first kappa shape index (κ1) is 14.6. The highest BCUT2D eigenvalue weighted by Crippen LogP contribution is 2.20. The summed E-state index contributed by atoms with van der Waals surface area (Å²) < 4.78 is 4.95. The number of carbonyl (C=O) groups excluding carboxylic acids is 1. The Morgan fingerprint density at radius 1 is 1.47 bits per heavy atom. The summed E-state index contributed by atoms with van der Waals surface area (Å²) in [6.45, 7) is 6.98. The van der Waals surface area contributed by atoms with Gasteiger partial charge in [0, 0.05) is 5.69 Å². The third kappa shape index (κ3) is 4.34. The van der Waals surface area contributed by atoms with E-state index < -0.39 is 6.09 Å². The van der Waals surface area contributed by atoms with Gasteiger partial charge in [-0.05, 0) is 30.4 Å². The van der Waals surface area contributed by atoms with E-state index in [4.69, 9.17) is 21.6 Å². The molecule has 0 aliphatic heterocycles. The van der Waals surface area contributed by atoms with Crippen LogP contribution in [0.5, 0.6) is 0 Å². The molecule has 1 aromatic rings. The zero-order chi connectivity index (χ0) is 14.3. The van der Waals surface area contributed by atoms with Gasteiger partial charge in [0.2, 0.25) is 0 Å². The predicted octanol–water partition coefficient (Wildman–Crippen LogP) is 4.02. The molecule has 1 rings (SSSR count). The van der Waals surface area contributed by atoms with Crippen LogP contribution in [0, 0.1) is 11.3 Å². The van der Waals surface area contributed by atoms with Gasteiger partial charge in [-0.2, -0.15) is 5.26 Å². The third-order valence-corrected chi connectivity index (χ3v) is 2.34. The van der Waals surface area contributed by atoms with Gasteiger partial charge in [-0.1, -0.05) is 30.8 Å². The van der Waals surface area contributed by atoms with E-state index in [1.807, 2.05) is 6.07 Å². The molecule has 5 heteroatoms. The molecule has 96 valence electrons. The van der Waals surface area contributed by atoms with Crippen molar-refractivity contribution in [3.05, 3.63) is 65.9 Å². The van der Waals surface area contributed by atoms with Crippen molar-refractivity contribution in [2.45, 2.75) is 0 Å². The lowest BCUT2D eigenvalue weighted by Gasteiger charge is -2.07. The van der Waals surface area contributed by atoms with Gasteiger partial charge in [0.1, 0.15) is 11.8 Å². The number of anilines is 1. The molecule has 0 aliphatic rings. The van der Waals surface area contributed by atoms with Crippen molar-refractivity contribution in [2.24, 2.45) is 0 Å². The molecular weight excluding hydrogens is 264 g/mol. The van der Waals surface area contributed by atoms with Gasteiger partial charge in [-0.25, -0.2) is 4.79 Å². The van der Waals surface area contributed by atoms with Crippen molar-refractivity contribution in [3.63, 3.8) is 0 Å². The predicted molar refractivity (Wildman–Crippen MR) is 74.7 cm³/mol. The van der Waals surface area contributed by atoms with Gasteiger partial charge in [0.05, 0.1) is 10.6 Å². The molecule has 0 saturated heterocycles. The lowest BCUT2D eigenvalue weighted by molar-refractivity contribution is 0.195. The lowest BCUT2D eigenvalue weighted by Crippen LogP contribution is -2.12. The monoisotopic (exact) mass is 274 g/mol. The van der Waals surface area contributed by atoms with E-state index in [-0.39, 0.29) is 10.8 Å². The normalized spacial score (nSPS) is 10.2. The summed E-state index contributed by atoms with van der Waals surface area (Å²) in [5.74, 6) is 0.271. The summed E-state index contributed by atoms with van der Waals surface area (Å²) in [5, 5.41) is 11.5. The summed E-state index contributed by atoms with van der Waals surface area (Å²) >= 11 is 5.84. The molecule has 0 aromatic heterocycles. The summed E-state index contributed by atoms with van der Waals surface area (Å²) in [4.78, 5) is 11.6. The number of benzene rings is 1. The highest BCUT2D eigenvalue weighted by Gasteiger charge is 2.07. The number of ether oxygens (including phenoxy) is 1. The minimum absolute atomic E-state index is 0.255. The summed E-state index contributed by atoms with van der Waals surface area (Å²) in [6, 6.07) is 6.45. The zero-order valence-electron chi connectivity index (χ0n) is 10.0. The van der Waals surface area contributed by atoms with E-state index in [0.29, 0.717) is 11.3 Å². The maximum absolute atomic E-state index is 11.6. The van der Waals surface area contributed by atoms with E-state index in [0.717, 1.165) is 0 Å². The van der Waals surface area contributed by atoms with Crippen molar-refractivity contribution in [1.29, 1.82) is 5.26 Å². The maximum Gasteiger partial charge on any atom is 0.417 e. The molecule has 0 heterocycles. The standard InChI is InChI=1S/C14H11ClN2O2/c1-3-5-12(4-2)19-14(18)17-11-7-6-10(9-16)13(15)8-11/h3-8H,1-2H2,(H,17,18)/b12-5+. The SMILES string of the molecule is C=C/C=C(\C=C)OC(=O)Nc1ccc(C#N)c(Cl)c1. The fourth-order valence-electron chi connectivity index (χ4n) is 1.19. The Morgan fingerprint density at radius 2 is 2.21 bits per heavy atom. The molecule has 19 heavy (non-hydrogen) atoms. The Hall–Kier alpha value is -2.51. The highest BCUT2D eigenvalue weighted by atomic mass is 35.5. The lowest BCUT2D eigenvalue weighted by atomic mass is 10.2. The fourth-order valence-corrected chi connectivity index (χ4v) is 1.42. The van der Waals surface area contributed by atoms with Crippen molar-refractivity contribution < 1.29 is 9.53 Å². The van der Waals surface area contributed by atoms with Crippen molar-refractivity contribution in [2.75, 3.05) is 5.32 Å². The molecule has 0 atom stereocenters. The number of carbonyl (C=O) groups is 1. The fraction of sp³-hybridized carbons (Fsp3) is 0. The van der Waals surface area contributed by atoms with Crippen LogP contribution in [0.25, 0.3) is 0 Å². The van der Waals surface area contributed by atoms with Gasteiger partial charge in [0.25, 0.3) is 0 Å². The molecule has 0 unspecified atom stereocenters. The minimum atomic E-state index is -0.686. The smallest absolute Gasteiger partial charge is 0.410 e. The number of nitriles is 1. The van der Waals surface area contributed by atoms with E-state index >= 15 is 0 Å². The van der Waals surface area contributed by atoms with E-state index in [2.05, 4.69) is 18.5 Å². The second-order valence-electron chi connectivity index (χ2n) is 3.33. The maximum atomic E-state index is 11.6. The van der Waals surface area contributed by atoms with Gasteiger partial charge in [0.15, 0.2) is 0 Å². The molecule has 0 aliphatic carbocycles. The van der Waals surface area contributed by atoms with Crippen LogP contribution in [0.1, 0.15) is 5.56 Å². The molecule has 0 spiro atoms. The van der Waals surface area contributed by atoms with Crippen LogP contribution in [0.3, 0.4) is 0 Å². The van der Waals surface area contributed by atoms with Gasteiger partial charge >= 0.3 is 6.09 Å². The molecule has 4 nitrogen and oxygen atoms in total. The third-order valence-electron chi connectivity index (χ3n) is 2.03. The number of rotatable bonds is 4. The quantitative estimate of drug-likeness (QED) is 0.666. The van der Waals surface area contributed by atoms with Gasteiger partial charge in [-0.3, -0.25) is 5.32 Å². The number of nitrogens with zero attached hydrogens (tertiary/aromatic N) is 1. The minimum Gasteiger partial charge on any atom is -0.410 e. The molecule has 0 bridgehead atoms. The first-order valence-corrected chi connectivity index (χ1v) is 5.62. The topological polar surface area (TPSA) is 62.1 Å². The van der Waals surface area contributed by atoms with Crippen molar-refractivity contribution >= 4 is 23.4 Å². The molecular formula is C14H11ClN2O2. The largest absolute Gasteiger partial charge is 0.417 e. The van der Waals surface area contributed by atoms with Crippen LogP contribution >= 0.6 is 11.6 Å². The van der Waals surface area contributed by atoms with Crippen LogP contribution in [-0.4, -0.2) is 6.09 Å². The Bertz CT molecular complexity index is 586. The van der Waals surface area contributed by atoms with E-state index in [9.17, 15) is 4.79 Å². The average Bonchev–Trinajstić information content (AvgIpc) is 2.38. The summed E-state index contributed by atoms with van der Waals surface area (Å²) in [7, 11) is 0. The number of amides is 1. The highest BCUT2D eigenvalue weighted by molar-refractivity contribution is 6.32. The van der Waals surface area contributed by atoms with Gasteiger partial charge < -0.3 is 4.74 Å². The average molecular weight is 275 g/mol. The van der Waals surface area contributed by atoms with E-state index in [1.54, 1.807) is 6.07 Å².